The highest BCUT2D eigenvalue weighted by Gasteiger charge is 2.69. The van der Waals surface area contributed by atoms with Crippen molar-refractivity contribution in [3.8, 4) is 0 Å². The van der Waals surface area contributed by atoms with Crippen LogP contribution < -0.4 is 0 Å². The monoisotopic (exact) mass is 392 g/mol. The Morgan fingerprint density at radius 2 is 2.04 bits per heavy atom. The first-order chi connectivity index (χ1) is 13.2. The van der Waals surface area contributed by atoms with E-state index in [-0.39, 0.29) is 24.4 Å². The average Bonchev–Trinajstić information content (AvgIpc) is 2.88. The molecule has 1 saturated carbocycles. The van der Waals surface area contributed by atoms with E-state index >= 15 is 0 Å². The fourth-order valence-electron chi connectivity index (χ4n) is 5.45. The van der Waals surface area contributed by atoms with Gasteiger partial charge in [0, 0.05) is 18.8 Å². The molecule has 1 saturated heterocycles. The quantitative estimate of drug-likeness (QED) is 0.391. The number of rotatable bonds is 7. The highest BCUT2D eigenvalue weighted by atomic mass is 16.7. The molecule has 0 aromatic heterocycles. The minimum atomic E-state index is -1.66. The minimum Gasteiger partial charge on any atom is -0.457 e. The molecule has 0 bridgehead atoms. The zero-order valence-corrected chi connectivity index (χ0v) is 17.6. The first kappa shape index (κ1) is 21.5. The Balaban J connectivity index is 1.78. The smallest absolute Gasteiger partial charge is 0.306 e. The number of aliphatic hydroxyl groups is 2. The van der Waals surface area contributed by atoms with Gasteiger partial charge in [0.2, 0.25) is 0 Å². The van der Waals surface area contributed by atoms with Crippen LogP contribution in [0.1, 0.15) is 72.1 Å². The van der Waals surface area contributed by atoms with E-state index in [0.717, 1.165) is 31.3 Å². The van der Waals surface area contributed by atoms with Crippen LogP contribution in [0.3, 0.4) is 0 Å². The number of ether oxygens (including phenoxy) is 2. The molecule has 6 unspecified atom stereocenters. The first-order valence-electron chi connectivity index (χ1n) is 10.9. The maximum absolute atomic E-state index is 12.6. The second-order valence-corrected chi connectivity index (χ2v) is 9.07. The molecule has 0 aromatic rings. The van der Waals surface area contributed by atoms with Crippen LogP contribution in [0.25, 0.3) is 0 Å². The van der Waals surface area contributed by atoms with Gasteiger partial charge in [-0.1, -0.05) is 52.2 Å². The van der Waals surface area contributed by atoms with Crippen molar-refractivity contribution in [3.05, 3.63) is 23.8 Å². The van der Waals surface area contributed by atoms with Crippen molar-refractivity contribution >= 4 is 5.97 Å². The van der Waals surface area contributed by atoms with E-state index in [4.69, 9.17) is 9.47 Å². The summed E-state index contributed by atoms with van der Waals surface area (Å²) in [5.41, 5.74) is -0.177. The molecule has 3 rings (SSSR count). The summed E-state index contributed by atoms with van der Waals surface area (Å²) in [6.07, 6.45) is 8.45. The van der Waals surface area contributed by atoms with Gasteiger partial charge < -0.3 is 19.7 Å². The fraction of sp³-hybridized carbons (Fsp3) is 0.783. The molecule has 3 aliphatic rings. The molecule has 2 N–H and O–H groups in total. The predicted molar refractivity (Wildman–Crippen MR) is 107 cm³/mol. The highest BCUT2D eigenvalue weighted by Crippen LogP contribution is 2.58. The van der Waals surface area contributed by atoms with Crippen molar-refractivity contribution in [1.29, 1.82) is 0 Å². The third-order valence-electron chi connectivity index (χ3n) is 7.12. The third kappa shape index (κ3) is 3.57. The van der Waals surface area contributed by atoms with Crippen LogP contribution in [0.4, 0.5) is 0 Å². The van der Waals surface area contributed by atoms with E-state index in [9.17, 15) is 15.0 Å². The zero-order chi connectivity index (χ0) is 20.5. The van der Waals surface area contributed by atoms with Crippen molar-refractivity contribution in [3.63, 3.8) is 0 Å². The van der Waals surface area contributed by atoms with Gasteiger partial charge in [0.15, 0.2) is 5.79 Å². The molecular weight excluding hydrogens is 356 g/mol. The maximum Gasteiger partial charge on any atom is 0.306 e. The molecule has 2 aliphatic carbocycles. The maximum atomic E-state index is 12.6. The Hall–Kier alpha value is -1.17. The summed E-state index contributed by atoms with van der Waals surface area (Å²) in [7, 11) is 0. The summed E-state index contributed by atoms with van der Waals surface area (Å²) in [6.45, 7) is 10.3. The lowest BCUT2D eigenvalue weighted by molar-refractivity contribution is -0.307. The number of allylic oxidation sites excluding steroid dienone is 1. The van der Waals surface area contributed by atoms with E-state index in [1.807, 2.05) is 6.92 Å². The van der Waals surface area contributed by atoms with Crippen molar-refractivity contribution in [1.82, 2.24) is 0 Å². The summed E-state index contributed by atoms with van der Waals surface area (Å²) >= 11 is 0. The Morgan fingerprint density at radius 3 is 2.75 bits per heavy atom. The molecule has 5 nitrogen and oxygen atoms in total. The SMILES string of the molecule is C=C1COC2(O)CC(C)C3CC=C(C)C(OC(=O)CCCCCCC)C3C12O. The normalized spacial score (nSPS) is 39.9. The number of fused-ring (bicyclic) bond motifs is 3. The van der Waals surface area contributed by atoms with Gasteiger partial charge in [0.05, 0.1) is 6.61 Å². The van der Waals surface area contributed by atoms with Gasteiger partial charge >= 0.3 is 5.97 Å². The van der Waals surface area contributed by atoms with E-state index in [2.05, 4.69) is 26.5 Å². The Labute approximate surface area is 168 Å². The Bertz CT molecular complexity index is 641. The van der Waals surface area contributed by atoms with E-state index in [1.54, 1.807) is 0 Å². The van der Waals surface area contributed by atoms with Crippen molar-refractivity contribution < 1.29 is 24.5 Å². The molecule has 0 amide bonds. The third-order valence-corrected chi connectivity index (χ3v) is 7.12. The molecule has 2 fully saturated rings. The number of hydrogen-bond acceptors (Lipinski definition) is 5. The lowest BCUT2D eigenvalue weighted by Crippen LogP contribution is -2.67. The molecular formula is C23H36O5. The van der Waals surface area contributed by atoms with Gasteiger partial charge in [-0.05, 0) is 42.7 Å². The molecule has 1 heterocycles. The second kappa shape index (κ2) is 8.29. The molecule has 0 aromatic carbocycles. The van der Waals surface area contributed by atoms with Gasteiger partial charge in [0.25, 0.3) is 0 Å². The number of carbonyl (C=O) groups excluding carboxylic acids is 1. The summed E-state index contributed by atoms with van der Waals surface area (Å²) in [5.74, 6) is -2.08. The number of carbonyl (C=O) groups is 1. The summed E-state index contributed by atoms with van der Waals surface area (Å²) < 4.78 is 11.5. The molecule has 28 heavy (non-hydrogen) atoms. The number of unbranched alkanes of at least 4 members (excludes halogenated alkanes) is 4. The van der Waals surface area contributed by atoms with Gasteiger partial charge in [0.1, 0.15) is 11.7 Å². The first-order valence-corrected chi connectivity index (χ1v) is 10.9. The van der Waals surface area contributed by atoms with Crippen LogP contribution in [-0.4, -0.2) is 40.3 Å². The van der Waals surface area contributed by atoms with E-state index in [1.165, 1.54) is 12.8 Å². The van der Waals surface area contributed by atoms with Crippen molar-refractivity contribution in [2.24, 2.45) is 17.8 Å². The molecule has 5 heteroatoms. The lowest BCUT2D eigenvalue weighted by atomic mass is 9.55. The van der Waals surface area contributed by atoms with Gasteiger partial charge in [-0.25, -0.2) is 0 Å². The van der Waals surface area contributed by atoms with Crippen LogP contribution in [0, 0.1) is 17.8 Å². The zero-order valence-electron chi connectivity index (χ0n) is 17.6. The van der Waals surface area contributed by atoms with Crippen molar-refractivity contribution in [2.75, 3.05) is 6.61 Å². The van der Waals surface area contributed by atoms with E-state index < -0.39 is 23.4 Å². The van der Waals surface area contributed by atoms with Crippen LogP contribution >= 0.6 is 0 Å². The molecule has 1 aliphatic heterocycles. The summed E-state index contributed by atoms with van der Waals surface area (Å²) in [4.78, 5) is 12.6. The predicted octanol–water partition coefficient (Wildman–Crippen LogP) is 3.89. The van der Waals surface area contributed by atoms with Gasteiger partial charge in [-0.15, -0.1) is 0 Å². The highest BCUT2D eigenvalue weighted by molar-refractivity contribution is 5.70. The van der Waals surface area contributed by atoms with Gasteiger partial charge in [-0.3, -0.25) is 4.79 Å². The Morgan fingerprint density at radius 1 is 1.32 bits per heavy atom. The van der Waals surface area contributed by atoms with Crippen LogP contribution in [-0.2, 0) is 14.3 Å². The standard InChI is InChI=1S/C23H36O5/c1-5-6-7-8-9-10-19(24)28-21-15(2)11-12-18-16(3)13-22(25)23(26,20(18)21)17(4)14-27-22/h11,16,18,20-21,25-26H,4-10,12-14H2,1-3H3. The Kier molecular flexibility index (Phi) is 6.38. The number of hydrogen-bond donors (Lipinski definition) is 2. The summed E-state index contributed by atoms with van der Waals surface area (Å²) in [6, 6.07) is 0. The van der Waals surface area contributed by atoms with Crippen LogP contribution in [0.15, 0.2) is 23.8 Å². The van der Waals surface area contributed by atoms with Crippen LogP contribution in [0.2, 0.25) is 0 Å². The van der Waals surface area contributed by atoms with Crippen LogP contribution in [0.5, 0.6) is 0 Å². The lowest BCUT2D eigenvalue weighted by Gasteiger charge is -2.55. The minimum absolute atomic E-state index is 0.106. The molecule has 6 atom stereocenters. The molecule has 0 spiro atoms. The number of esters is 1. The fourth-order valence-corrected chi connectivity index (χ4v) is 5.45. The largest absolute Gasteiger partial charge is 0.457 e. The molecule has 158 valence electrons. The summed E-state index contributed by atoms with van der Waals surface area (Å²) in [5, 5.41) is 22.8. The van der Waals surface area contributed by atoms with E-state index in [0.29, 0.717) is 18.4 Å². The van der Waals surface area contributed by atoms with Crippen molar-refractivity contribution in [2.45, 2.75) is 89.6 Å². The van der Waals surface area contributed by atoms with Gasteiger partial charge in [-0.2, -0.15) is 0 Å². The molecule has 0 radical (unpaired) electrons. The topological polar surface area (TPSA) is 76.0 Å². The second-order valence-electron chi connectivity index (χ2n) is 9.07. The average molecular weight is 393 g/mol.